The highest BCUT2D eigenvalue weighted by Gasteiger charge is 2.36. The van der Waals surface area contributed by atoms with Crippen LogP contribution in [0.4, 0.5) is 8.78 Å². The number of benzene rings is 2. The van der Waals surface area contributed by atoms with E-state index in [9.17, 15) is 18.4 Å². The fourth-order valence-electron chi connectivity index (χ4n) is 4.68. The molecule has 2 aliphatic heterocycles. The molecular formula is C28H28F2N4O3S. The summed E-state index contributed by atoms with van der Waals surface area (Å²) >= 11 is 1.49. The molecular weight excluding hydrogens is 510 g/mol. The monoisotopic (exact) mass is 538 g/mol. The van der Waals surface area contributed by atoms with E-state index in [1.807, 2.05) is 17.5 Å². The lowest BCUT2D eigenvalue weighted by Crippen LogP contribution is -2.46. The minimum Gasteiger partial charge on any atom is -0.379 e. The van der Waals surface area contributed by atoms with Crippen LogP contribution in [-0.2, 0) is 9.53 Å². The molecule has 2 amide bonds. The zero-order chi connectivity index (χ0) is 26.5. The fraction of sp³-hybridized carbons (Fsp3) is 0.321. The summed E-state index contributed by atoms with van der Waals surface area (Å²) in [5.74, 6) is -2.03. The summed E-state index contributed by atoms with van der Waals surface area (Å²) in [6, 6.07) is 15.5. The van der Waals surface area contributed by atoms with Gasteiger partial charge in [-0.05, 0) is 29.6 Å². The Kier molecular flexibility index (Phi) is 8.21. The molecule has 2 aromatic carbocycles. The molecule has 10 heteroatoms. The van der Waals surface area contributed by atoms with Gasteiger partial charge >= 0.3 is 0 Å². The van der Waals surface area contributed by atoms with Crippen LogP contribution in [-0.4, -0.2) is 78.3 Å². The topological polar surface area (TPSA) is 65.5 Å². The second kappa shape index (κ2) is 11.9. The second-order valence-electron chi connectivity index (χ2n) is 9.16. The third-order valence-electron chi connectivity index (χ3n) is 6.73. The first-order valence-electron chi connectivity index (χ1n) is 12.5. The predicted molar refractivity (Wildman–Crippen MR) is 141 cm³/mol. The minimum atomic E-state index is -0.640. The Morgan fingerprint density at radius 1 is 1.00 bits per heavy atom. The number of hydrogen-bond donors (Lipinski definition) is 0. The lowest BCUT2D eigenvalue weighted by molar-refractivity contribution is -0.133. The number of thiophene rings is 1. The van der Waals surface area contributed by atoms with E-state index in [1.54, 1.807) is 24.3 Å². The van der Waals surface area contributed by atoms with E-state index in [4.69, 9.17) is 4.74 Å². The summed E-state index contributed by atoms with van der Waals surface area (Å²) in [4.78, 5) is 31.6. The van der Waals surface area contributed by atoms with Gasteiger partial charge in [0.1, 0.15) is 18.2 Å². The van der Waals surface area contributed by atoms with E-state index in [2.05, 4.69) is 10.0 Å². The number of amides is 2. The molecule has 5 rings (SSSR count). The van der Waals surface area contributed by atoms with Gasteiger partial charge in [0.05, 0.1) is 30.5 Å². The van der Waals surface area contributed by atoms with Gasteiger partial charge in [0.25, 0.3) is 11.8 Å². The molecule has 3 aromatic rings. The van der Waals surface area contributed by atoms with Crippen LogP contribution in [0, 0.1) is 11.6 Å². The van der Waals surface area contributed by atoms with Gasteiger partial charge in [-0.25, -0.2) is 13.8 Å². The maximum Gasteiger partial charge on any atom is 0.262 e. The zero-order valence-corrected chi connectivity index (χ0v) is 21.6. The fourth-order valence-corrected chi connectivity index (χ4v) is 5.49. The van der Waals surface area contributed by atoms with Gasteiger partial charge in [0.15, 0.2) is 0 Å². The van der Waals surface area contributed by atoms with Crippen molar-refractivity contribution in [3.05, 3.63) is 93.7 Å². The van der Waals surface area contributed by atoms with Gasteiger partial charge in [-0.1, -0.05) is 36.4 Å². The Bertz CT molecular complexity index is 1310. The molecule has 0 radical (unpaired) electrons. The number of halogens is 2. The number of nitrogens with zero attached hydrogens (tertiary/aromatic N) is 4. The van der Waals surface area contributed by atoms with E-state index in [1.165, 1.54) is 45.5 Å². The van der Waals surface area contributed by atoms with Crippen LogP contribution in [0.5, 0.6) is 0 Å². The number of carbonyl (C=O) groups excluding carboxylic acids is 2. The maximum atomic E-state index is 14.6. The van der Waals surface area contributed by atoms with Gasteiger partial charge in [0.2, 0.25) is 0 Å². The number of ether oxygens (including phenoxy) is 1. The van der Waals surface area contributed by atoms with Crippen molar-refractivity contribution in [3.63, 3.8) is 0 Å². The first kappa shape index (κ1) is 26.1. The van der Waals surface area contributed by atoms with Crippen LogP contribution >= 0.6 is 11.3 Å². The zero-order valence-electron chi connectivity index (χ0n) is 20.8. The van der Waals surface area contributed by atoms with Crippen molar-refractivity contribution in [1.29, 1.82) is 0 Å². The Balaban J connectivity index is 1.40. The first-order chi connectivity index (χ1) is 18.5. The number of morpholine rings is 1. The molecule has 0 unspecified atom stereocenters. The standard InChI is InChI=1S/C28H28F2N4O3S/c29-22-8-3-1-6-20(22)24-18-25(26-10-5-17-38-26)34(31-24)27(35)19-33(12-11-32-13-15-37-16-14-32)28(36)21-7-2-4-9-23(21)30/h1-10,17,25H,11-16,18-19H2/t25-/m0/s1. The second-order valence-corrected chi connectivity index (χ2v) is 10.1. The molecule has 1 fully saturated rings. The number of hydrazone groups is 1. The van der Waals surface area contributed by atoms with Crippen molar-refractivity contribution < 1.29 is 23.1 Å². The highest BCUT2D eigenvalue weighted by atomic mass is 32.1. The largest absolute Gasteiger partial charge is 0.379 e. The van der Waals surface area contributed by atoms with Crippen LogP contribution < -0.4 is 0 Å². The van der Waals surface area contributed by atoms with Gasteiger partial charge in [-0.2, -0.15) is 5.10 Å². The average Bonchev–Trinajstić information content (AvgIpc) is 3.62. The van der Waals surface area contributed by atoms with Crippen LogP contribution in [0.2, 0.25) is 0 Å². The molecule has 0 bridgehead atoms. The van der Waals surface area contributed by atoms with E-state index in [0.29, 0.717) is 37.5 Å². The van der Waals surface area contributed by atoms with Crippen LogP contribution in [0.1, 0.15) is 33.3 Å². The highest BCUT2D eigenvalue weighted by molar-refractivity contribution is 7.10. The average molecular weight is 539 g/mol. The summed E-state index contributed by atoms with van der Waals surface area (Å²) in [6.45, 7) is 3.12. The number of hydrogen-bond acceptors (Lipinski definition) is 6. The summed E-state index contributed by atoms with van der Waals surface area (Å²) in [5, 5.41) is 7.80. The summed E-state index contributed by atoms with van der Waals surface area (Å²) < 4.78 is 34.5. The molecule has 0 saturated carbocycles. The maximum absolute atomic E-state index is 14.6. The highest BCUT2D eigenvalue weighted by Crippen LogP contribution is 2.35. The van der Waals surface area contributed by atoms with Crippen LogP contribution in [0.25, 0.3) is 0 Å². The van der Waals surface area contributed by atoms with Gasteiger partial charge in [0, 0.05) is 43.0 Å². The molecule has 1 atom stereocenters. The van der Waals surface area contributed by atoms with Gasteiger partial charge < -0.3 is 9.64 Å². The SMILES string of the molecule is O=C(c1ccccc1F)N(CCN1CCOCC1)CC(=O)N1N=C(c2ccccc2F)C[C@H]1c1cccs1. The number of rotatable bonds is 8. The van der Waals surface area contributed by atoms with Crippen molar-refractivity contribution in [2.45, 2.75) is 12.5 Å². The Hall–Kier alpha value is -3.47. The summed E-state index contributed by atoms with van der Waals surface area (Å²) in [5.41, 5.74) is 0.722. The van der Waals surface area contributed by atoms with E-state index in [0.717, 1.165) is 18.0 Å². The third-order valence-corrected chi connectivity index (χ3v) is 7.70. The molecule has 3 heterocycles. The lowest BCUT2D eigenvalue weighted by atomic mass is 10.0. The number of carbonyl (C=O) groups is 2. The van der Waals surface area contributed by atoms with Crippen LogP contribution in [0.3, 0.4) is 0 Å². The first-order valence-corrected chi connectivity index (χ1v) is 13.4. The van der Waals surface area contributed by atoms with Crippen molar-refractivity contribution in [1.82, 2.24) is 14.8 Å². The van der Waals surface area contributed by atoms with E-state index in [-0.39, 0.29) is 18.7 Å². The third kappa shape index (κ3) is 5.82. The summed E-state index contributed by atoms with van der Waals surface area (Å²) in [7, 11) is 0. The quantitative estimate of drug-likeness (QED) is 0.432. The predicted octanol–water partition coefficient (Wildman–Crippen LogP) is 4.18. The van der Waals surface area contributed by atoms with Crippen molar-refractivity contribution in [2.24, 2.45) is 5.10 Å². The van der Waals surface area contributed by atoms with E-state index < -0.39 is 29.5 Å². The molecule has 1 saturated heterocycles. The molecule has 0 N–H and O–H groups in total. The molecule has 0 aliphatic carbocycles. The molecule has 2 aliphatic rings. The molecule has 1 aromatic heterocycles. The Morgan fingerprint density at radius 2 is 1.74 bits per heavy atom. The smallest absolute Gasteiger partial charge is 0.262 e. The van der Waals surface area contributed by atoms with Gasteiger partial charge in [-0.15, -0.1) is 11.3 Å². The van der Waals surface area contributed by atoms with Crippen molar-refractivity contribution in [2.75, 3.05) is 45.9 Å². The molecule has 7 nitrogen and oxygen atoms in total. The van der Waals surface area contributed by atoms with E-state index >= 15 is 0 Å². The minimum absolute atomic E-state index is 0.0888. The summed E-state index contributed by atoms with van der Waals surface area (Å²) in [6.07, 6.45) is 0.349. The molecule has 38 heavy (non-hydrogen) atoms. The van der Waals surface area contributed by atoms with Crippen molar-refractivity contribution in [3.8, 4) is 0 Å². The Labute approximate surface area is 223 Å². The molecule has 198 valence electrons. The lowest BCUT2D eigenvalue weighted by Gasteiger charge is -2.31. The normalized spacial score (nSPS) is 17.9. The van der Waals surface area contributed by atoms with Crippen LogP contribution in [0.15, 0.2) is 71.1 Å². The Morgan fingerprint density at radius 3 is 2.45 bits per heavy atom. The van der Waals surface area contributed by atoms with Gasteiger partial charge in [-0.3, -0.25) is 14.5 Å². The molecule has 0 spiro atoms. The van der Waals surface area contributed by atoms with Crippen molar-refractivity contribution >= 4 is 28.9 Å².